The van der Waals surface area contributed by atoms with Gasteiger partial charge in [0.05, 0.1) is 23.8 Å². The maximum Gasteiger partial charge on any atom is 0.246 e. The zero-order chi connectivity index (χ0) is 20.6. The number of carboxylic acid groups (broad SMARTS) is 1. The molecule has 1 amide bonds. The van der Waals surface area contributed by atoms with Crippen LogP contribution in [0.2, 0.25) is 0 Å². The topological polar surface area (TPSA) is 104 Å². The first kappa shape index (κ1) is 20.2. The van der Waals surface area contributed by atoms with Gasteiger partial charge in [-0.2, -0.15) is 5.10 Å². The van der Waals surface area contributed by atoms with Gasteiger partial charge in [-0.1, -0.05) is 30.3 Å². The summed E-state index contributed by atoms with van der Waals surface area (Å²) in [6.07, 6.45) is 0.143. The lowest BCUT2D eigenvalue weighted by molar-refractivity contribution is -0.307. The van der Waals surface area contributed by atoms with E-state index in [0.717, 1.165) is 16.8 Å². The third-order valence-electron chi connectivity index (χ3n) is 3.91. The number of ether oxygens (including phenoxy) is 1. The van der Waals surface area contributed by atoms with Crippen LogP contribution in [0.15, 0.2) is 65.1 Å². The number of carboxylic acids is 1. The Hall–Kier alpha value is -3.52. The van der Waals surface area contributed by atoms with Gasteiger partial charge in [0, 0.05) is 10.9 Å². The second-order valence-corrected chi connectivity index (χ2v) is 7.03. The van der Waals surface area contributed by atoms with E-state index in [1.807, 2.05) is 35.7 Å². The number of hydrazone groups is 1. The number of aromatic nitrogens is 1. The normalized spacial score (nSPS) is 11.1. The van der Waals surface area contributed by atoms with Gasteiger partial charge in [0.25, 0.3) is 0 Å². The first-order chi connectivity index (χ1) is 14.0. The minimum atomic E-state index is -1.29. The molecule has 3 aromatic rings. The molecular weight excluding hydrogens is 390 g/mol. The number of hydrogen-bond donors (Lipinski definition) is 1. The van der Waals surface area contributed by atoms with Crippen LogP contribution in [0.1, 0.15) is 17.5 Å². The lowest BCUT2D eigenvalue weighted by Gasteiger charge is -2.07. The van der Waals surface area contributed by atoms with Gasteiger partial charge in [-0.25, -0.2) is 10.4 Å². The van der Waals surface area contributed by atoms with Crippen molar-refractivity contribution in [1.82, 2.24) is 10.4 Å². The Morgan fingerprint density at radius 1 is 1.14 bits per heavy atom. The van der Waals surface area contributed by atoms with Crippen LogP contribution in [0.5, 0.6) is 5.75 Å². The van der Waals surface area contributed by atoms with Crippen LogP contribution >= 0.6 is 11.3 Å². The molecule has 0 aliphatic carbocycles. The number of rotatable bonds is 8. The Labute approximate surface area is 171 Å². The van der Waals surface area contributed by atoms with Crippen LogP contribution in [0.4, 0.5) is 0 Å². The Morgan fingerprint density at radius 3 is 2.55 bits per heavy atom. The molecule has 29 heavy (non-hydrogen) atoms. The zero-order valence-corrected chi connectivity index (χ0v) is 16.4. The van der Waals surface area contributed by atoms with E-state index in [4.69, 9.17) is 4.74 Å². The van der Waals surface area contributed by atoms with Crippen molar-refractivity contribution in [2.24, 2.45) is 5.10 Å². The van der Waals surface area contributed by atoms with Crippen molar-refractivity contribution in [1.29, 1.82) is 0 Å². The fraction of sp³-hybridized carbons (Fsp3) is 0.143. The van der Waals surface area contributed by atoms with Crippen molar-refractivity contribution in [2.75, 3.05) is 6.61 Å². The summed E-state index contributed by atoms with van der Waals surface area (Å²) >= 11 is 1.43. The van der Waals surface area contributed by atoms with Gasteiger partial charge in [-0.05, 0) is 36.8 Å². The highest BCUT2D eigenvalue weighted by Crippen LogP contribution is 2.21. The van der Waals surface area contributed by atoms with E-state index in [2.05, 4.69) is 15.5 Å². The summed E-state index contributed by atoms with van der Waals surface area (Å²) < 4.78 is 5.02. The largest absolute Gasteiger partial charge is 0.546 e. The Morgan fingerprint density at radius 2 is 1.86 bits per heavy atom. The van der Waals surface area contributed by atoms with E-state index in [-0.39, 0.29) is 12.3 Å². The quantitative estimate of drug-likeness (QED) is 0.454. The molecule has 0 unspecified atom stereocenters. The Kier molecular flexibility index (Phi) is 6.70. The predicted octanol–water partition coefficient (Wildman–Crippen LogP) is 2.02. The van der Waals surface area contributed by atoms with Gasteiger partial charge in [-0.3, -0.25) is 4.79 Å². The fourth-order valence-electron chi connectivity index (χ4n) is 2.46. The number of nitrogens with one attached hydrogen (secondary N) is 1. The molecule has 7 nitrogen and oxygen atoms in total. The molecule has 148 valence electrons. The highest BCUT2D eigenvalue weighted by molar-refractivity contribution is 7.10. The van der Waals surface area contributed by atoms with Crippen LogP contribution in [0.3, 0.4) is 0 Å². The highest BCUT2D eigenvalue weighted by Gasteiger charge is 2.09. The van der Waals surface area contributed by atoms with Gasteiger partial charge in [0.2, 0.25) is 5.91 Å². The number of carbonyl (C=O) groups is 2. The lowest BCUT2D eigenvalue weighted by Crippen LogP contribution is -2.28. The summed E-state index contributed by atoms with van der Waals surface area (Å²) in [5.74, 6) is -1.13. The SMILES string of the molecule is C/C(=N/NC(=O)Cc1nc(-c2ccccc2)cs1)c1ccc(OCC(=O)[O-])cc1. The van der Waals surface area contributed by atoms with E-state index in [9.17, 15) is 14.7 Å². The van der Waals surface area contributed by atoms with Crippen molar-refractivity contribution in [2.45, 2.75) is 13.3 Å². The molecule has 0 aliphatic rings. The Bertz CT molecular complexity index is 1010. The zero-order valence-electron chi connectivity index (χ0n) is 15.6. The minimum absolute atomic E-state index is 0.143. The maximum atomic E-state index is 12.2. The minimum Gasteiger partial charge on any atom is -0.546 e. The van der Waals surface area contributed by atoms with Gasteiger partial charge in [0.15, 0.2) is 0 Å². The van der Waals surface area contributed by atoms with Crippen LogP contribution in [0.25, 0.3) is 11.3 Å². The third kappa shape index (κ3) is 5.98. The van der Waals surface area contributed by atoms with Gasteiger partial charge in [0.1, 0.15) is 17.4 Å². The van der Waals surface area contributed by atoms with Crippen LogP contribution in [-0.4, -0.2) is 29.2 Å². The van der Waals surface area contributed by atoms with E-state index >= 15 is 0 Å². The second kappa shape index (κ2) is 9.61. The number of nitrogens with zero attached hydrogens (tertiary/aromatic N) is 2. The molecule has 0 saturated carbocycles. The Balaban J connectivity index is 1.55. The number of hydrogen-bond acceptors (Lipinski definition) is 7. The molecule has 8 heteroatoms. The van der Waals surface area contributed by atoms with E-state index < -0.39 is 12.6 Å². The maximum absolute atomic E-state index is 12.2. The molecular formula is C21H18N3O4S-. The second-order valence-electron chi connectivity index (χ2n) is 6.09. The van der Waals surface area contributed by atoms with Crippen molar-refractivity contribution >= 4 is 28.9 Å². The van der Waals surface area contributed by atoms with Crippen molar-refractivity contribution in [3.63, 3.8) is 0 Å². The van der Waals surface area contributed by atoms with Crippen LogP contribution in [-0.2, 0) is 16.0 Å². The predicted molar refractivity (Wildman–Crippen MR) is 109 cm³/mol. The smallest absolute Gasteiger partial charge is 0.246 e. The molecule has 1 heterocycles. The van der Waals surface area contributed by atoms with Crippen LogP contribution in [0, 0.1) is 0 Å². The third-order valence-corrected chi connectivity index (χ3v) is 4.76. The van der Waals surface area contributed by atoms with Crippen molar-refractivity contribution in [3.8, 4) is 17.0 Å². The van der Waals surface area contributed by atoms with E-state index in [1.54, 1.807) is 31.2 Å². The molecule has 0 fully saturated rings. The van der Waals surface area contributed by atoms with Crippen molar-refractivity contribution in [3.05, 3.63) is 70.5 Å². The summed E-state index contributed by atoms with van der Waals surface area (Å²) in [4.78, 5) is 27.1. The average Bonchev–Trinajstić information content (AvgIpc) is 3.20. The monoisotopic (exact) mass is 408 g/mol. The molecule has 0 spiro atoms. The molecule has 2 aromatic carbocycles. The van der Waals surface area contributed by atoms with E-state index in [1.165, 1.54) is 11.3 Å². The average molecular weight is 408 g/mol. The van der Waals surface area contributed by atoms with Crippen molar-refractivity contribution < 1.29 is 19.4 Å². The summed E-state index contributed by atoms with van der Waals surface area (Å²) in [7, 11) is 0. The number of benzene rings is 2. The van der Waals surface area contributed by atoms with Gasteiger partial charge in [-0.15, -0.1) is 11.3 Å². The number of thiazole rings is 1. The summed E-state index contributed by atoms with van der Waals surface area (Å²) in [6, 6.07) is 16.5. The number of amides is 1. The summed E-state index contributed by atoms with van der Waals surface area (Å²) in [6.45, 7) is 1.25. The first-order valence-electron chi connectivity index (χ1n) is 8.77. The first-order valence-corrected chi connectivity index (χ1v) is 9.65. The molecule has 0 atom stereocenters. The number of carbonyl (C=O) groups excluding carboxylic acids is 2. The molecule has 1 aromatic heterocycles. The van der Waals surface area contributed by atoms with E-state index in [0.29, 0.717) is 16.5 Å². The standard InChI is InChI=1S/C21H19N3O4S/c1-14(15-7-9-17(10-8-15)28-12-21(26)27)23-24-19(25)11-20-22-18(13-29-20)16-5-3-2-4-6-16/h2-10,13H,11-12H2,1H3,(H,24,25)(H,26,27)/p-1/b23-14-. The molecule has 3 rings (SSSR count). The molecule has 1 N–H and O–H groups in total. The lowest BCUT2D eigenvalue weighted by atomic mass is 10.1. The fourth-order valence-corrected chi connectivity index (χ4v) is 3.26. The highest BCUT2D eigenvalue weighted by atomic mass is 32.1. The molecule has 0 radical (unpaired) electrons. The summed E-state index contributed by atoms with van der Waals surface area (Å²) in [5.41, 5.74) is 5.76. The molecule has 0 saturated heterocycles. The molecule has 0 bridgehead atoms. The number of aliphatic carboxylic acids is 1. The summed E-state index contributed by atoms with van der Waals surface area (Å²) in [5, 5.41) is 17.1. The van der Waals surface area contributed by atoms with Crippen LogP contribution < -0.4 is 15.3 Å². The molecule has 0 aliphatic heterocycles. The van der Waals surface area contributed by atoms with Gasteiger partial charge < -0.3 is 14.6 Å². The van der Waals surface area contributed by atoms with Gasteiger partial charge >= 0.3 is 0 Å².